The van der Waals surface area contributed by atoms with Gasteiger partial charge in [-0.2, -0.15) is 4.31 Å². The van der Waals surface area contributed by atoms with E-state index in [1.54, 1.807) is 0 Å². The number of benzene rings is 1. The number of hydrogen-bond acceptors (Lipinski definition) is 6. The van der Waals surface area contributed by atoms with E-state index in [2.05, 4.69) is 0 Å². The van der Waals surface area contributed by atoms with Crippen LogP contribution < -0.4 is 9.47 Å². The van der Waals surface area contributed by atoms with Crippen molar-refractivity contribution in [2.24, 2.45) is 0 Å². The maximum absolute atomic E-state index is 12.9. The first-order chi connectivity index (χ1) is 10.9. The van der Waals surface area contributed by atoms with Gasteiger partial charge < -0.3 is 14.2 Å². The van der Waals surface area contributed by atoms with E-state index in [0.29, 0.717) is 19.0 Å². The molecule has 0 N–H and O–H groups in total. The summed E-state index contributed by atoms with van der Waals surface area (Å²) in [5, 5.41) is -0.657. The van der Waals surface area contributed by atoms with Crippen molar-refractivity contribution >= 4 is 26.9 Å². The standard InChI is InChI=1S/C14H18ClNO6S/c1-20-11-7-10(8-14(15)17)13(9-12(11)21-2)23(18,19)16-3-5-22-6-4-16/h7,9H,3-6,8H2,1-2H3. The van der Waals surface area contributed by atoms with Crippen LogP contribution in [-0.4, -0.2) is 58.5 Å². The number of rotatable bonds is 6. The molecular weight excluding hydrogens is 346 g/mol. The lowest BCUT2D eigenvalue weighted by atomic mass is 10.1. The van der Waals surface area contributed by atoms with Gasteiger partial charge in [-0.1, -0.05) is 0 Å². The van der Waals surface area contributed by atoms with Gasteiger partial charge in [-0.15, -0.1) is 0 Å². The lowest BCUT2D eigenvalue weighted by Crippen LogP contribution is -2.41. The molecule has 1 heterocycles. The molecule has 1 aliphatic rings. The number of methoxy groups -OCH3 is 2. The van der Waals surface area contributed by atoms with Crippen molar-refractivity contribution in [3.63, 3.8) is 0 Å². The van der Waals surface area contributed by atoms with Crippen molar-refractivity contribution in [1.82, 2.24) is 4.31 Å². The van der Waals surface area contributed by atoms with Gasteiger partial charge in [0.25, 0.3) is 0 Å². The summed E-state index contributed by atoms with van der Waals surface area (Å²) in [5.41, 5.74) is 0.272. The molecule has 0 amide bonds. The van der Waals surface area contributed by atoms with Crippen LogP contribution in [0.3, 0.4) is 0 Å². The molecule has 23 heavy (non-hydrogen) atoms. The lowest BCUT2D eigenvalue weighted by Gasteiger charge is -2.27. The SMILES string of the molecule is COc1cc(CC(=O)Cl)c(S(=O)(=O)N2CCOCC2)cc1OC. The first-order valence-electron chi connectivity index (χ1n) is 6.91. The van der Waals surface area contributed by atoms with E-state index in [-0.39, 0.29) is 35.7 Å². The molecule has 0 radical (unpaired) electrons. The summed E-state index contributed by atoms with van der Waals surface area (Å²) in [4.78, 5) is 11.3. The Morgan fingerprint density at radius 2 is 1.78 bits per heavy atom. The zero-order chi connectivity index (χ0) is 17.0. The third-order valence-electron chi connectivity index (χ3n) is 3.48. The molecular formula is C14H18ClNO6S. The van der Waals surface area contributed by atoms with E-state index >= 15 is 0 Å². The van der Waals surface area contributed by atoms with Gasteiger partial charge in [0.05, 0.1) is 32.3 Å². The quantitative estimate of drug-likeness (QED) is 0.702. The smallest absolute Gasteiger partial charge is 0.243 e. The maximum atomic E-state index is 12.9. The molecule has 0 unspecified atom stereocenters. The summed E-state index contributed by atoms with van der Waals surface area (Å²) in [7, 11) is -0.946. The molecule has 0 aromatic heterocycles. The summed E-state index contributed by atoms with van der Waals surface area (Å²) < 4.78 is 42.6. The van der Waals surface area contributed by atoms with Gasteiger partial charge in [0.1, 0.15) is 0 Å². The number of sulfonamides is 1. The number of hydrogen-bond donors (Lipinski definition) is 0. The average molecular weight is 364 g/mol. The van der Waals surface area contributed by atoms with E-state index in [1.807, 2.05) is 0 Å². The molecule has 7 nitrogen and oxygen atoms in total. The lowest BCUT2D eigenvalue weighted by molar-refractivity contribution is -0.111. The Morgan fingerprint density at radius 1 is 1.22 bits per heavy atom. The second-order valence-corrected chi connectivity index (χ2v) is 7.19. The molecule has 0 saturated carbocycles. The Balaban J connectivity index is 2.55. The molecule has 128 valence electrons. The van der Waals surface area contributed by atoms with Crippen LogP contribution in [0.25, 0.3) is 0 Å². The van der Waals surface area contributed by atoms with Crippen molar-refractivity contribution in [3.8, 4) is 11.5 Å². The zero-order valence-corrected chi connectivity index (χ0v) is 14.4. The predicted molar refractivity (Wildman–Crippen MR) is 83.7 cm³/mol. The summed E-state index contributed by atoms with van der Waals surface area (Å²) >= 11 is 5.45. The fourth-order valence-corrected chi connectivity index (χ4v) is 4.13. The van der Waals surface area contributed by atoms with E-state index in [4.69, 9.17) is 25.8 Å². The molecule has 0 atom stereocenters. The third-order valence-corrected chi connectivity index (χ3v) is 5.60. The molecule has 0 spiro atoms. The van der Waals surface area contributed by atoms with Crippen LogP contribution in [0.2, 0.25) is 0 Å². The second kappa shape index (κ2) is 7.48. The van der Waals surface area contributed by atoms with Crippen molar-refractivity contribution in [1.29, 1.82) is 0 Å². The number of carbonyl (C=O) groups excluding carboxylic acids is 1. The Hall–Kier alpha value is -1.35. The highest BCUT2D eigenvalue weighted by Crippen LogP contribution is 2.34. The monoisotopic (exact) mass is 363 g/mol. The van der Waals surface area contributed by atoms with Gasteiger partial charge in [-0.05, 0) is 23.2 Å². The van der Waals surface area contributed by atoms with E-state index in [1.165, 1.54) is 30.7 Å². The van der Waals surface area contributed by atoms with Gasteiger partial charge in [0.2, 0.25) is 15.3 Å². The minimum absolute atomic E-state index is 0.00829. The highest BCUT2D eigenvalue weighted by atomic mass is 35.5. The molecule has 1 aromatic rings. The van der Waals surface area contributed by atoms with Crippen molar-refractivity contribution in [3.05, 3.63) is 17.7 Å². The number of carbonyl (C=O) groups is 1. The van der Waals surface area contributed by atoms with Crippen LogP contribution in [0.5, 0.6) is 11.5 Å². The van der Waals surface area contributed by atoms with Crippen LogP contribution in [-0.2, 0) is 26.0 Å². The van der Waals surface area contributed by atoms with Gasteiger partial charge in [0.15, 0.2) is 11.5 Å². The second-order valence-electron chi connectivity index (χ2n) is 4.86. The van der Waals surface area contributed by atoms with E-state index in [9.17, 15) is 13.2 Å². The van der Waals surface area contributed by atoms with Gasteiger partial charge in [-0.25, -0.2) is 8.42 Å². The minimum Gasteiger partial charge on any atom is -0.493 e. The molecule has 2 rings (SSSR count). The molecule has 0 bridgehead atoms. The Bertz CT molecular complexity index is 685. The van der Waals surface area contributed by atoms with Gasteiger partial charge in [0, 0.05) is 25.6 Å². The first kappa shape index (κ1) is 18.0. The van der Waals surface area contributed by atoms with Crippen LogP contribution >= 0.6 is 11.6 Å². The normalized spacial score (nSPS) is 16.1. The van der Waals surface area contributed by atoms with E-state index in [0.717, 1.165) is 0 Å². The summed E-state index contributed by atoms with van der Waals surface area (Å²) in [6, 6.07) is 2.82. The Kier molecular flexibility index (Phi) is 5.85. The van der Waals surface area contributed by atoms with Gasteiger partial charge >= 0.3 is 0 Å². The van der Waals surface area contributed by atoms with Crippen molar-refractivity contribution in [2.75, 3.05) is 40.5 Å². The summed E-state index contributed by atoms with van der Waals surface area (Å²) in [6.45, 7) is 1.17. The highest BCUT2D eigenvalue weighted by Gasteiger charge is 2.30. The van der Waals surface area contributed by atoms with Gasteiger partial charge in [-0.3, -0.25) is 4.79 Å². The fourth-order valence-electron chi connectivity index (χ4n) is 2.36. The Morgan fingerprint density at radius 3 is 2.30 bits per heavy atom. The minimum atomic E-state index is -3.79. The number of ether oxygens (including phenoxy) is 3. The van der Waals surface area contributed by atoms with E-state index < -0.39 is 15.3 Å². The largest absolute Gasteiger partial charge is 0.493 e. The van der Waals surface area contributed by atoms with Crippen LogP contribution in [0.4, 0.5) is 0 Å². The maximum Gasteiger partial charge on any atom is 0.243 e. The number of halogens is 1. The van der Waals surface area contributed by atoms with Crippen molar-refractivity contribution < 1.29 is 27.4 Å². The molecule has 1 aromatic carbocycles. The summed E-state index contributed by atoms with van der Waals surface area (Å²) in [6.07, 6.45) is -0.221. The van der Waals surface area contributed by atoms with Crippen LogP contribution in [0.1, 0.15) is 5.56 Å². The number of nitrogens with zero attached hydrogens (tertiary/aromatic N) is 1. The highest BCUT2D eigenvalue weighted by molar-refractivity contribution is 7.89. The molecule has 1 saturated heterocycles. The molecule has 9 heteroatoms. The average Bonchev–Trinajstić information content (AvgIpc) is 2.54. The van der Waals surface area contributed by atoms with Crippen LogP contribution in [0.15, 0.2) is 17.0 Å². The van der Waals surface area contributed by atoms with Crippen LogP contribution in [0, 0.1) is 0 Å². The Labute approximate surface area is 140 Å². The molecule has 0 aliphatic carbocycles. The summed E-state index contributed by atoms with van der Waals surface area (Å²) in [5.74, 6) is 0.603. The topological polar surface area (TPSA) is 82.1 Å². The third kappa shape index (κ3) is 3.95. The van der Waals surface area contributed by atoms with Crippen molar-refractivity contribution in [2.45, 2.75) is 11.3 Å². The molecule has 1 aliphatic heterocycles. The predicted octanol–water partition coefficient (Wildman–Crippen LogP) is 1.03. The zero-order valence-electron chi connectivity index (χ0n) is 12.9. The fraction of sp³-hybridized carbons (Fsp3) is 0.500. The first-order valence-corrected chi connectivity index (χ1v) is 8.73. The molecule has 1 fully saturated rings. The number of morpholine rings is 1.